The summed E-state index contributed by atoms with van der Waals surface area (Å²) in [5.74, 6) is 0.598. The lowest BCUT2D eigenvalue weighted by Crippen LogP contribution is -2.17. The number of imidazole rings is 1. The minimum atomic E-state index is -0.397. The van der Waals surface area contributed by atoms with Crippen molar-refractivity contribution in [2.24, 2.45) is 12.8 Å². The topological polar surface area (TPSA) is 43.8 Å². The van der Waals surface area contributed by atoms with E-state index in [0.717, 1.165) is 16.9 Å². The number of rotatable bonds is 3. The van der Waals surface area contributed by atoms with Crippen LogP contribution < -0.4 is 5.73 Å². The molecule has 1 aromatic heterocycles. The average molecular weight is 269 g/mol. The van der Waals surface area contributed by atoms with E-state index in [1.165, 1.54) is 6.07 Å². The highest BCUT2D eigenvalue weighted by Gasteiger charge is 2.15. The van der Waals surface area contributed by atoms with Crippen molar-refractivity contribution >= 4 is 11.0 Å². The molecule has 2 aromatic carbocycles. The first kappa shape index (κ1) is 12.8. The number of hydrogen-bond donors (Lipinski definition) is 1. The van der Waals surface area contributed by atoms with Crippen LogP contribution in [0.15, 0.2) is 48.5 Å². The molecule has 0 aliphatic heterocycles. The fourth-order valence-electron chi connectivity index (χ4n) is 2.46. The molecule has 1 unspecified atom stereocenters. The molecular weight excluding hydrogens is 253 g/mol. The quantitative estimate of drug-likeness (QED) is 0.794. The van der Waals surface area contributed by atoms with Gasteiger partial charge in [-0.3, -0.25) is 0 Å². The first-order chi connectivity index (χ1) is 9.66. The van der Waals surface area contributed by atoms with Gasteiger partial charge >= 0.3 is 0 Å². The standard InChI is InChI=1S/C16H16FN3/c1-20-15-9-5-4-8-14(15)19-16(20)10-13(18)11-6-2-3-7-12(11)17/h2-9,13H,10,18H2,1H3. The molecule has 3 rings (SSSR count). The van der Waals surface area contributed by atoms with Crippen LogP contribution >= 0.6 is 0 Å². The molecule has 0 radical (unpaired) electrons. The van der Waals surface area contributed by atoms with Crippen molar-refractivity contribution in [3.05, 3.63) is 65.7 Å². The maximum Gasteiger partial charge on any atom is 0.127 e. The Hall–Kier alpha value is -2.20. The summed E-state index contributed by atoms with van der Waals surface area (Å²) in [5, 5.41) is 0. The number of nitrogens with zero attached hydrogens (tertiary/aromatic N) is 2. The maximum absolute atomic E-state index is 13.7. The Labute approximate surface area is 116 Å². The molecule has 0 saturated carbocycles. The molecule has 0 bridgehead atoms. The van der Waals surface area contributed by atoms with Crippen LogP contribution in [0.4, 0.5) is 4.39 Å². The molecule has 0 aliphatic carbocycles. The van der Waals surface area contributed by atoms with E-state index in [2.05, 4.69) is 4.98 Å². The van der Waals surface area contributed by atoms with Gasteiger partial charge in [-0.2, -0.15) is 0 Å². The van der Waals surface area contributed by atoms with Gasteiger partial charge in [0.1, 0.15) is 11.6 Å². The molecule has 0 amide bonds. The summed E-state index contributed by atoms with van der Waals surface area (Å²) in [4.78, 5) is 4.57. The lowest BCUT2D eigenvalue weighted by atomic mass is 10.0. The van der Waals surface area contributed by atoms with Crippen molar-refractivity contribution in [1.29, 1.82) is 0 Å². The third-order valence-corrected chi connectivity index (χ3v) is 3.59. The molecule has 0 spiro atoms. The number of nitrogens with two attached hydrogens (primary N) is 1. The van der Waals surface area contributed by atoms with E-state index in [1.807, 2.05) is 35.9 Å². The highest BCUT2D eigenvalue weighted by Crippen LogP contribution is 2.21. The van der Waals surface area contributed by atoms with Gasteiger partial charge in [-0.25, -0.2) is 9.37 Å². The number of para-hydroxylation sites is 2. The van der Waals surface area contributed by atoms with Crippen LogP contribution in [-0.2, 0) is 13.5 Å². The van der Waals surface area contributed by atoms with Gasteiger partial charge in [0, 0.05) is 25.1 Å². The van der Waals surface area contributed by atoms with Crippen molar-refractivity contribution in [3.63, 3.8) is 0 Å². The van der Waals surface area contributed by atoms with Gasteiger partial charge < -0.3 is 10.3 Å². The van der Waals surface area contributed by atoms with Gasteiger partial charge in [0.05, 0.1) is 11.0 Å². The molecule has 20 heavy (non-hydrogen) atoms. The normalized spacial score (nSPS) is 12.8. The zero-order valence-electron chi connectivity index (χ0n) is 11.3. The van der Waals surface area contributed by atoms with Crippen molar-refractivity contribution < 1.29 is 4.39 Å². The molecule has 2 N–H and O–H groups in total. The zero-order valence-corrected chi connectivity index (χ0v) is 11.3. The number of benzene rings is 2. The Kier molecular flexibility index (Phi) is 3.24. The first-order valence-electron chi connectivity index (χ1n) is 6.57. The van der Waals surface area contributed by atoms with Gasteiger partial charge in [-0.15, -0.1) is 0 Å². The Morgan fingerprint density at radius 2 is 1.85 bits per heavy atom. The van der Waals surface area contributed by atoms with E-state index in [9.17, 15) is 4.39 Å². The van der Waals surface area contributed by atoms with Crippen molar-refractivity contribution in [3.8, 4) is 0 Å². The van der Waals surface area contributed by atoms with Gasteiger partial charge in [-0.05, 0) is 18.2 Å². The average Bonchev–Trinajstić information content (AvgIpc) is 2.76. The molecule has 1 atom stereocenters. The Morgan fingerprint density at radius 3 is 2.60 bits per heavy atom. The Balaban J connectivity index is 1.93. The van der Waals surface area contributed by atoms with E-state index < -0.39 is 6.04 Å². The molecular formula is C16H16FN3. The third kappa shape index (κ3) is 2.18. The molecule has 3 aromatic rings. The molecule has 1 heterocycles. The van der Waals surface area contributed by atoms with Crippen LogP contribution in [0.25, 0.3) is 11.0 Å². The molecule has 3 nitrogen and oxygen atoms in total. The van der Waals surface area contributed by atoms with Crippen LogP contribution in [0.3, 0.4) is 0 Å². The second kappa shape index (κ2) is 5.06. The number of aromatic nitrogens is 2. The van der Waals surface area contributed by atoms with Gasteiger partial charge in [0.2, 0.25) is 0 Å². The van der Waals surface area contributed by atoms with E-state index in [1.54, 1.807) is 18.2 Å². The van der Waals surface area contributed by atoms with Crippen LogP contribution in [0.1, 0.15) is 17.4 Å². The molecule has 0 fully saturated rings. The summed E-state index contributed by atoms with van der Waals surface area (Å²) in [6.07, 6.45) is 0.506. The maximum atomic E-state index is 13.7. The number of halogens is 1. The molecule has 0 saturated heterocycles. The van der Waals surface area contributed by atoms with Crippen molar-refractivity contribution in [1.82, 2.24) is 9.55 Å². The smallest absolute Gasteiger partial charge is 0.127 e. The highest BCUT2D eigenvalue weighted by molar-refractivity contribution is 5.75. The lowest BCUT2D eigenvalue weighted by Gasteiger charge is -2.12. The van der Waals surface area contributed by atoms with Crippen LogP contribution in [0.2, 0.25) is 0 Å². The predicted octanol–water partition coefficient (Wildman–Crippen LogP) is 2.95. The van der Waals surface area contributed by atoms with Gasteiger partial charge in [0.15, 0.2) is 0 Å². The van der Waals surface area contributed by atoms with Gasteiger partial charge in [-0.1, -0.05) is 30.3 Å². The van der Waals surface area contributed by atoms with Crippen molar-refractivity contribution in [2.45, 2.75) is 12.5 Å². The fourth-order valence-corrected chi connectivity index (χ4v) is 2.46. The summed E-state index contributed by atoms with van der Waals surface area (Å²) in [5.41, 5.74) is 8.65. The molecule has 4 heteroatoms. The van der Waals surface area contributed by atoms with E-state index in [0.29, 0.717) is 12.0 Å². The highest BCUT2D eigenvalue weighted by atomic mass is 19.1. The molecule has 102 valence electrons. The second-order valence-electron chi connectivity index (χ2n) is 4.91. The second-order valence-corrected chi connectivity index (χ2v) is 4.91. The largest absolute Gasteiger partial charge is 0.331 e. The summed E-state index contributed by atoms with van der Waals surface area (Å²) in [6, 6.07) is 14.1. The lowest BCUT2D eigenvalue weighted by molar-refractivity contribution is 0.571. The van der Waals surface area contributed by atoms with Crippen LogP contribution in [0.5, 0.6) is 0 Å². The van der Waals surface area contributed by atoms with E-state index in [4.69, 9.17) is 5.73 Å². The molecule has 0 aliphatic rings. The Morgan fingerprint density at radius 1 is 1.15 bits per heavy atom. The number of fused-ring (bicyclic) bond motifs is 1. The van der Waals surface area contributed by atoms with Crippen LogP contribution in [0, 0.1) is 5.82 Å². The third-order valence-electron chi connectivity index (χ3n) is 3.59. The minimum Gasteiger partial charge on any atom is -0.331 e. The SMILES string of the molecule is Cn1c(CC(N)c2ccccc2F)nc2ccccc21. The van der Waals surface area contributed by atoms with Crippen LogP contribution in [-0.4, -0.2) is 9.55 Å². The van der Waals surface area contributed by atoms with E-state index in [-0.39, 0.29) is 5.82 Å². The first-order valence-corrected chi connectivity index (χ1v) is 6.57. The van der Waals surface area contributed by atoms with Gasteiger partial charge in [0.25, 0.3) is 0 Å². The summed E-state index contributed by atoms with van der Waals surface area (Å²) >= 11 is 0. The Bertz CT molecular complexity index is 748. The van der Waals surface area contributed by atoms with Crippen molar-refractivity contribution in [2.75, 3.05) is 0 Å². The predicted molar refractivity (Wildman–Crippen MR) is 77.7 cm³/mol. The fraction of sp³-hybridized carbons (Fsp3) is 0.188. The minimum absolute atomic E-state index is 0.265. The summed E-state index contributed by atoms with van der Waals surface area (Å²) < 4.78 is 15.8. The summed E-state index contributed by atoms with van der Waals surface area (Å²) in [7, 11) is 1.96. The summed E-state index contributed by atoms with van der Waals surface area (Å²) in [6.45, 7) is 0. The number of aryl methyl sites for hydroxylation is 1. The zero-order chi connectivity index (χ0) is 14.1. The monoisotopic (exact) mass is 269 g/mol. The van der Waals surface area contributed by atoms with E-state index >= 15 is 0 Å². The number of hydrogen-bond acceptors (Lipinski definition) is 2.